The van der Waals surface area contributed by atoms with Gasteiger partial charge in [0.2, 0.25) is 11.8 Å². The Morgan fingerprint density at radius 3 is 2.47 bits per heavy atom. The van der Waals surface area contributed by atoms with Crippen LogP contribution in [-0.4, -0.2) is 41.1 Å². The number of thioether (sulfide) groups is 1. The highest BCUT2D eigenvalue weighted by Crippen LogP contribution is 2.22. The number of carbonyl (C=O) groups is 2. The summed E-state index contributed by atoms with van der Waals surface area (Å²) in [5.41, 5.74) is 2.19. The number of benzene rings is 2. The quantitative estimate of drug-likeness (QED) is 0.471. The molecule has 1 N–H and O–H groups in total. The lowest BCUT2D eigenvalue weighted by Crippen LogP contribution is -2.52. The van der Waals surface area contributed by atoms with E-state index in [2.05, 4.69) is 17.4 Å². The highest BCUT2D eigenvalue weighted by atomic mass is 35.5. The minimum Gasteiger partial charge on any atom is -0.352 e. The second-order valence-corrected chi connectivity index (χ2v) is 9.71. The zero-order valence-corrected chi connectivity index (χ0v) is 20.3. The summed E-state index contributed by atoms with van der Waals surface area (Å²) in [5.74, 6) is 0.985. The van der Waals surface area contributed by atoms with Crippen LogP contribution in [0.1, 0.15) is 50.2 Å². The minimum atomic E-state index is -0.437. The van der Waals surface area contributed by atoms with Gasteiger partial charge in [-0.15, -0.1) is 11.8 Å². The van der Waals surface area contributed by atoms with E-state index in [1.165, 1.54) is 5.56 Å². The number of carbonyl (C=O) groups excluding carboxylic acids is 2. The fraction of sp³-hybridized carbons (Fsp3) is 0.462. The third-order valence-electron chi connectivity index (χ3n) is 6.01. The van der Waals surface area contributed by atoms with Crippen molar-refractivity contribution in [2.45, 2.75) is 63.3 Å². The summed E-state index contributed by atoms with van der Waals surface area (Å²) in [5, 5.41) is 3.91. The molecule has 1 aliphatic carbocycles. The van der Waals surface area contributed by atoms with Crippen LogP contribution in [0.5, 0.6) is 0 Å². The average Bonchev–Trinajstić information content (AvgIpc) is 3.31. The van der Waals surface area contributed by atoms with E-state index >= 15 is 0 Å². The van der Waals surface area contributed by atoms with E-state index in [0.29, 0.717) is 24.5 Å². The van der Waals surface area contributed by atoms with E-state index in [4.69, 9.17) is 11.6 Å². The van der Waals surface area contributed by atoms with Crippen LogP contribution in [0.4, 0.5) is 0 Å². The van der Waals surface area contributed by atoms with E-state index in [1.54, 1.807) is 16.7 Å². The Morgan fingerprint density at radius 2 is 1.78 bits per heavy atom. The summed E-state index contributed by atoms with van der Waals surface area (Å²) in [6.07, 6.45) is 5.74. The van der Waals surface area contributed by atoms with Crippen LogP contribution in [0, 0.1) is 0 Å². The van der Waals surface area contributed by atoms with Crippen LogP contribution in [0.2, 0.25) is 5.02 Å². The van der Waals surface area contributed by atoms with Crippen molar-refractivity contribution in [1.82, 2.24) is 10.2 Å². The maximum Gasteiger partial charge on any atom is 0.243 e. The van der Waals surface area contributed by atoms with Crippen LogP contribution in [0.15, 0.2) is 54.6 Å². The van der Waals surface area contributed by atoms with Crippen LogP contribution in [0.3, 0.4) is 0 Å². The Morgan fingerprint density at radius 1 is 1.09 bits per heavy atom. The third-order valence-corrected chi connectivity index (χ3v) is 7.35. The molecule has 3 rings (SSSR count). The van der Waals surface area contributed by atoms with Gasteiger partial charge in [0.15, 0.2) is 0 Å². The second kappa shape index (κ2) is 12.9. The van der Waals surface area contributed by atoms with E-state index in [0.717, 1.165) is 42.7 Å². The molecule has 0 heterocycles. The van der Waals surface area contributed by atoms with E-state index in [9.17, 15) is 9.59 Å². The number of hydrogen-bond donors (Lipinski definition) is 1. The molecule has 1 saturated carbocycles. The maximum absolute atomic E-state index is 13.3. The van der Waals surface area contributed by atoms with E-state index in [-0.39, 0.29) is 17.9 Å². The van der Waals surface area contributed by atoms with Crippen LogP contribution in [-0.2, 0) is 21.8 Å². The van der Waals surface area contributed by atoms with Crippen LogP contribution < -0.4 is 5.32 Å². The monoisotopic (exact) mass is 472 g/mol. The molecule has 172 valence electrons. The van der Waals surface area contributed by atoms with Crippen molar-refractivity contribution in [2.75, 3.05) is 12.3 Å². The lowest BCUT2D eigenvalue weighted by molar-refractivity contribution is -0.139. The largest absolute Gasteiger partial charge is 0.352 e. The first-order valence-electron chi connectivity index (χ1n) is 11.5. The van der Waals surface area contributed by atoms with Gasteiger partial charge in [0, 0.05) is 23.4 Å². The predicted molar refractivity (Wildman–Crippen MR) is 134 cm³/mol. The molecule has 2 aromatic carbocycles. The summed E-state index contributed by atoms with van der Waals surface area (Å²) in [6, 6.07) is 17.6. The van der Waals surface area contributed by atoms with Gasteiger partial charge in [-0.3, -0.25) is 9.59 Å². The number of nitrogens with zero attached hydrogens (tertiary/aromatic N) is 1. The Labute approximate surface area is 201 Å². The molecular weight excluding hydrogens is 440 g/mol. The standard InChI is InChI=1S/C26H33ClN2O2S/c1-2-24(26(31)28-22-13-7-8-14-22)29(17-16-20-10-4-3-5-11-20)25(30)19-32-18-21-12-6-9-15-23(21)27/h3-6,9-12,15,22,24H,2,7-8,13-14,16-19H2,1H3,(H,28,31)/t24-/m1/s1. The van der Waals surface area contributed by atoms with Gasteiger partial charge in [0.05, 0.1) is 5.75 Å². The zero-order chi connectivity index (χ0) is 22.8. The van der Waals surface area contributed by atoms with Crippen molar-refractivity contribution >= 4 is 35.2 Å². The van der Waals surface area contributed by atoms with Gasteiger partial charge in [0.1, 0.15) is 6.04 Å². The summed E-state index contributed by atoms with van der Waals surface area (Å²) in [7, 11) is 0. The first kappa shape index (κ1) is 24.7. The van der Waals surface area contributed by atoms with Gasteiger partial charge in [-0.2, -0.15) is 0 Å². The Bertz CT molecular complexity index is 871. The van der Waals surface area contributed by atoms with Crippen molar-refractivity contribution in [1.29, 1.82) is 0 Å². The molecule has 6 heteroatoms. The van der Waals surface area contributed by atoms with Gasteiger partial charge in [-0.1, -0.05) is 79.9 Å². The van der Waals surface area contributed by atoms with Gasteiger partial charge in [-0.05, 0) is 42.9 Å². The van der Waals surface area contributed by atoms with E-state index < -0.39 is 6.04 Å². The Balaban J connectivity index is 1.65. The van der Waals surface area contributed by atoms with Crippen molar-refractivity contribution in [2.24, 2.45) is 0 Å². The number of rotatable bonds is 11. The molecule has 0 saturated heterocycles. The summed E-state index contributed by atoms with van der Waals surface area (Å²) >= 11 is 7.80. The number of halogens is 1. The Hall–Kier alpha value is -1.98. The lowest BCUT2D eigenvalue weighted by Gasteiger charge is -2.31. The number of hydrogen-bond acceptors (Lipinski definition) is 3. The number of amides is 2. The molecule has 0 spiro atoms. The summed E-state index contributed by atoms with van der Waals surface area (Å²) in [6.45, 7) is 2.52. The summed E-state index contributed by atoms with van der Waals surface area (Å²) < 4.78 is 0. The van der Waals surface area contributed by atoms with Gasteiger partial charge < -0.3 is 10.2 Å². The molecule has 0 aromatic heterocycles. The van der Waals surface area contributed by atoms with Crippen molar-refractivity contribution in [3.63, 3.8) is 0 Å². The zero-order valence-electron chi connectivity index (χ0n) is 18.8. The van der Waals surface area contributed by atoms with Gasteiger partial charge in [0.25, 0.3) is 0 Å². The van der Waals surface area contributed by atoms with E-state index in [1.807, 2.05) is 49.4 Å². The van der Waals surface area contributed by atoms with Gasteiger partial charge >= 0.3 is 0 Å². The predicted octanol–water partition coefficient (Wildman–Crippen LogP) is 5.48. The molecular formula is C26H33ClN2O2S. The molecule has 0 unspecified atom stereocenters. The normalized spacial score (nSPS) is 14.8. The molecule has 4 nitrogen and oxygen atoms in total. The van der Waals surface area contributed by atoms with Crippen LogP contribution in [0.25, 0.3) is 0 Å². The lowest BCUT2D eigenvalue weighted by atomic mass is 10.1. The SMILES string of the molecule is CC[C@H](C(=O)NC1CCCC1)N(CCc1ccccc1)C(=O)CSCc1ccccc1Cl. The van der Waals surface area contributed by atoms with Gasteiger partial charge in [-0.25, -0.2) is 0 Å². The molecule has 1 fully saturated rings. The average molecular weight is 473 g/mol. The molecule has 1 aliphatic rings. The molecule has 1 atom stereocenters. The van der Waals surface area contributed by atoms with Crippen molar-refractivity contribution in [3.05, 3.63) is 70.7 Å². The first-order valence-corrected chi connectivity index (χ1v) is 13.1. The fourth-order valence-electron chi connectivity index (χ4n) is 4.21. The topological polar surface area (TPSA) is 49.4 Å². The van der Waals surface area contributed by atoms with Crippen molar-refractivity contribution in [3.8, 4) is 0 Å². The summed E-state index contributed by atoms with van der Waals surface area (Å²) in [4.78, 5) is 28.2. The highest BCUT2D eigenvalue weighted by Gasteiger charge is 2.30. The number of nitrogens with one attached hydrogen (secondary N) is 1. The van der Waals surface area contributed by atoms with Crippen molar-refractivity contribution < 1.29 is 9.59 Å². The maximum atomic E-state index is 13.3. The highest BCUT2D eigenvalue weighted by molar-refractivity contribution is 7.99. The molecule has 2 amide bonds. The smallest absolute Gasteiger partial charge is 0.243 e. The molecule has 0 aliphatic heterocycles. The van der Waals surface area contributed by atoms with Crippen LogP contribution >= 0.6 is 23.4 Å². The molecule has 32 heavy (non-hydrogen) atoms. The molecule has 0 bridgehead atoms. The molecule has 0 radical (unpaired) electrons. The first-order chi connectivity index (χ1) is 15.6. The Kier molecular flexibility index (Phi) is 9.94. The minimum absolute atomic E-state index is 0.00593. The fourth-order valence-corrected chi connectivity index (χ4v) is 5.41. The third kappa shape index (κ3) is 7.28. The molecule has 2 aromatic rings. The second-order valence-electron chi connectivity index (χ2n) is 8.32.